The van der Waals surface area contributed by atoms with E-state index in [4.69, 9.17) is 10.7 Å². The maximum Gasteiger partial charge on any atom is 0.254 e. The van der Waals surface area contributed by atoms with E-state index in [1.54, 1.807) is 0 Å². The number of carbonyl (C=O) groups excluding carboxylic acids is 1. The van der Waals surface area contributed by atoms with Crippen LogP contribution in [0.2, 0.25) is 0 Å². The molecule has 5 nitrogen and oxygen atoms in total. The van der Waals surface area contributed by atoms with Gasteiger partial charge in [0, 0.05) is 30.4 Å². The quantitative estimate of drug-likeness (QED) is 0.279. The van der Waals surface area contributed by atoms with Crippen LogP contribution >= 0.6 is 0 Å². The van der Waals surface area contributed by atoms with E-state index in [0.717, 1.165) is 29.9 Å². The SMILES string of the molecule is CC(C)C[C@H](c1nc(-c2ccccc2)cn1Cc1ccccc1)N(CCCN)C(=O)c1ccccc1. The van der Waals surface area contributed by atoms with Gasteiger partial charge in [0.25, 0.3) is 5.91 Å². The lowest BCUT2D eigenvalue weighted by atomic mass is 10.00. The van der Waals surface area contributed by atoms with Crippen molar-refractivity contribution in [2.45, 2.75) is 39.3 Å². The number of carbonyl (C=O) groups is 1. The average Bonchev–Trinajstić information content (AvgIpc) is 3.33. The zero-order chi connectivity index (χ0) is 25.3. The van der Waals surface area contributed by atoms with Crippen molar-refractivity contribution in [3.63, 3.8) is 0 Å². The Bertz CT molecular complexity index is 1220. The van der Waals surface area contributed by atoms with Gasteiger partial charge in [-0.15, -0.1) is 0 Å². The lowest BCUT2D eigenvalue weighted by Gasteiger charge is -2.33. The number of benzene rings is 3. The zero-order valence-electron chi connectivity index (χ0n) is 21.3. The van der Waals surface area contributed by atoms with Crippen LogP contribution in [-0.4, -0.2) is 33.4 Å². The third kappa shape index (κ3) is 6.29. The van der Waals surface area contributed by atoms with Crippen molar-refractivity contribution in [2.24, 2.45) is 11.7 Å². The van der Waals surface area contributed by atoms with Crippen molar-refractivity contribution in [3.05, 3.63) is 114 Å². The molecule has 1 aromatic heterocycles. The van der Waals surface area contributed by atoms with E-state index in [9.17, 15) is 4.79 Å². The molecule has 5 heteroatoms. The third-order valence-corrected chi connectivity index (χ3v) is 6.33. The predicted octanol–water partition coefficient (Wildman–Crippen LogP) is 6.18. The second-order valence-corrected chi connectivity index (χ2v) is 9.62. The highest BCUT2D eigenvalue weighted by molar-refractivity contribution is 5.94. The van der Waals surface area contributed by atoms with Gasteiger partial charge in [0.15, 0.2) is 0 Å². The Morgan fingerprint density at radius 3 is 2.14 bits per heavy atom. The van der Waals surface area contributed by atoms with Gasteiger partial charge in [-0.05, 0) is 43.0 Å². The fourth-order valence-electron chi connectivity index (χ4n) is 4.58. The summed E-state index contributed by atoms with van der Waals surface area (Å²) in [5, 5.41) is 0. The van der Waals surface area contributed by atoms with Crippen LogP contribution < -0.4 is 5.73 Å². The van der Waals surface area contributed by atoms with Gasteiger partial charge in [-0.2, -0.15) is 0 Å². The fourth-order valence-corrected chi connectivity index (χ4v) is 4.58. The number of nitrogens with zero attached hydrogens (tertiary/aromatic N) is 3. The maximum atomic E-state index is 13.8. The van der Waals surface area contributed by atoms with E-state index in [1.807, 2.05) is 59.5 Å². The highest BCUT2D eigenvalue weighted by Gasteiger charge is 2.30. The van der Waals surface area contributed by atoms with Gasteiger partial charge in [0.2, 0.25) is 0 Å². The smallest absolute Gasteiger partial charge is 0.254 e. The van der Waals surface area contributed by atoms with Crippen LogP contribution in [0.5, 0.6) is 0 Å². The Morgan fingerprint density at radius 2 is 1.53 bits per heavy atom. The molecule has 0 fully saturated rings. The minimum Gasteiger partial charge on any atom is -0.330 e. The lowest BCUT2D eigenvalue weighted by molar-refractivity contribution is 0.0638. The zero-order valence-corrected chi connectivity index (χ0v) is 21.3. The van der Waals surface area contributed by atoms with Crippen LogP contribution in [0.4, 0.5) is 0 Å². The Hall–Kier alpha value is -3.70. The molecule has 0 aliphatic rings. The van der Waals surface area contributed by atoms with E-state index < -0.39 is 0 Å². The van der Waals surface area contributed by atoms with Crippen molar-refractivity contribution in [1.29, 1.82) is 0 Å². The molecule has 2 N–H and O–H groups in total. The first-order chi connectivity index (χ1) is 17.6. The molecule has 186 valence electrons. The molecule has 1 heterocycles. The number of aromatic nitrogens is 2. The van der Waals surface area contributed by atoms with Crippen LogP contribution in [0, 0.1) is 5.92 Å². The minimum atomic E-state index is -0.176. The minimum absolute atomic E-state index is 0.0187. The van der Waals surface area contributed by atoms with Crippen molar-refractivity contribution in [1.82, 2.24) is 14.5 Å². The Balaban J connectivity index is 1.82. The second kappa shape index (κ2) is 12.3. The standard InChI is InChI=1S/C31H36N4O/c1-24(2)21-29(35(20-12-19-32)31(36)27-17-10-5-11-18-27)30-33-28(26-15-8-4-9-16-26)23-34(30)22-25-13-6-3-7-14-25/h3-11,13-18,23-24,29H,12,19-22,32H2,1-2H3/t29-/m1/s1. The molecule has 0 aliphatic heterocycles. The number of hydrogen-bond donors (Lipinski definition) is 1. The van der Waals surface area contributed by atoms with E-state index in [0.29, 0.717) is 31.1 Å². The van der Waals surface area contributed by atoms with Crippen LogP contribution in [0.25, 0.3) is 11.3 Å². The second-order valence-electron chi connectivity index (χ2n) is 9.62. The van der Waals surface area contributed by atoms with Gasteiger partial charge in [-0.1, -0.05) is 92.7 Å². The molecular formula is C31H36N4O. The molecule has 1 amide bonds. The van der Waals surface area contributed by atoms with Gasteiger partial charge in [0.1, 0.15) is 5.82 Å². The summed E-state index contributed by atoms with van der Waals surface area (Å²) in [6, 6.07) is 30.0. The van der Waals surface area contributed by atoms with Crippen molar-refractivity contribution >= 4 is 5.91 Å². The summed E-state index contributed by atoms with van der Waals surface area (Å²) in [4.78, 5) is 21.0. The number of rotatable bonds is 11. The average molecular weight is 481 g/mol. The summed E-state index contributed by atoms with van der Waals surface area (Å²) in [6.07, 6.45) is 3.67. The van der Waals surface area contributed by atoms with E-state index >= 15 is 0 Å². The maximum absolute atomic E-state index is 13.8. The first-order valence-electron chi connectivity index (χ1n) is 12.8. The van der Waals surface area contributed by atoms with E-state index in [-0.39, 0.29) is 11.9 Å². The topological polar surface area (TPSA) is 64.2 Å². The molecule has 0 aliphatic carbocycles. The third-order valence-electron chi connectivity index (χ3n) is 6.33. The highest BCUT2D eigenvalue weighted by Crippen LogP contribution is 2.32. The number of hydrogen-bond acceptors (Lipinski definition) is 3. The summed E-state index contributed by atoms with van der Waals surface area (Å²) < 4.78 is 2.22. The molecule has 0 unspecified atom stereocenters. The summed E-state index contributed by atoms with van der Waals surface area (Å²) in [6.45, 7) is 6.20. The molecular weight excluding hydrogens is 444 g/mol. The van der Waals surface area contributed by atoms with Crippen molar-refractivity contribution < 1.29 is 4.79 Å². The Kier molecular flexibility index (Phi) is 8.69. The van der Waals surface area contributed by atoms with Crippen LogP contribution in [-0.2, 0) is 6.54 Å². The molecule has 4 rings (SSSR count). The van der Waals surface area contributed by atoms with E-state index in [1.165, 1.54) is 5.56 Å². The van der Waals surface area contributed by atoms with Gasteiger partial charge < -0.3 is 15.2 Å². The molecule has 4 aromatic rings. The number of imidazole rings is 1. The summed E-state index contributed by atoms with van der Waals surface area (Å²) >= 11 is 0. The molecule has 0 bridgehead atoms. The first kappa shape index (κ1) is 25.4. The molecule has 0 saturated heterocycles. The van der Waals surface area contributed by atoms with Crippen molar-refractivity contribution in [3.8, 4) is 11.3 Å². The van der Waals surface area contributed by atoms with E-state index in [2.05, 4.69) is 61.0 Å². The van der Waals surface area contributed by atoms with Crippen LogP contribution in [0.1, 0.15) is 54.5 Å². The fraction of sp³-hybridized carbons (Fsp3) is 0.290. The lowest BCUT2D eigenvalue weighted by Crippen LogP contribution is -2.38. The van der Waals surface area contributed by atoms with Crippen molar-refractivity contribution in [2.75, 3.05) is 13.1 Å². The van der Waals surface area contributed by atoms with Crippen LogP contribution in [0.15, 0.2) is 97.2 Å². The Labute approximate surface area is 214 Å². The predicted molar refractivity (Wildman–Crippen MR) is 147 cm³/mol. The normalized spacial score (nSPS) is 12.0. The molecule has 0 radical (unpaired) electrons. The summed E-state index contributed by atoms with van der Waals surface area (Å²) in [5.41, 5.74) is 9.78. The Morgan fingerprint density at radius 1 is 0.917 bits per heavy atom. The monoisotopic (exact) mass is 480 g/mol. The molecule has 0 saturated carbocycles. The highest BCUT2D eigenvalue weighted by atomic mass is 16.2. The number of nitrogens with two attached hydrogens (primary N) is 1. The molecule has 1 atom stereocenters. The molecule has 3 aromatic carbocycles. The summed E-state index contributed by atoms with van der Waals surface area (Å²) in [7, 11) is 0. The van der Waals surface area contributed by atoms with Gasteiger partial charge in [0.05, 0.1) is 11.7 Å². The van der Waals surface area contributed by atoms with Crippen LogP contribution in [0.3, 0.4) is 0 Å². The van der Waals surface area contributed by atoms with Gasteiger partial charge in [-0.25, -0.2) is 4.98 Å². The number of amides is 1. The summed E-state index contributed by atoms with van der Waals surface area (Å²) in [5.74, 6) is 1.30. The largest absolute Gasteiger partial charge is 0.330 e. The van der Waals surface area contributed by atoms with Gasteiger partial charge >= 0.3 is 0 Å². The van der Waals surface area contributed by atoms with Gasteiger partial charge in [-0.3, -0.25) is 4.79 Å². The first-order valence-corrected chi connectivity index (χ1v) is 12.8. The molecule has 36 heavy (non-hydrogen) atoms. The molecule has 0 spiro atoms.